The number of sulfonamides is 1. The lowest BCUT2D eigenvalue weighted by Crippen LogP contribution is -2.25. The van der Waals surface area contributed by atoms with Crippen molar-refractivity contribution in [1.29, 1.82) is 0 Å². The third kappa shape index (κ3) is 3.36. The van der Waals surface area contributed by atoms with Gasteiger partial charge in [0.2, 0.25) is 5.91 Å². The summed E-state index contributed by atoms with van der Waals surface area (Å²) < 4.78 is 33.2. The van der Waals surface area contributed by atoms with E-state index in [2.05, 4.69) is 14.9 Å². The van der Waals surface area contributed by atoms with Gasteiger partial charge in [0.15, 0.2) is 5.82 Å². The highest BCUT2D eigenvalue weighted by Crippen LogP contribution is 2.31. The van der Waals surface area contributed by atoms with Crippen LogP contribution in [0.3, 0.4) is 0 Å². The van der Waals surface area contributed by atoms with Crippen LogP contribution in [0.1, 0.15) is 18.3 Å². The first-order valence-corrected chi connectivity index (χ1v) is 10.2. The first-order valence-electron chi connectivity index (χ1n) is 8.68. The average molecular weight is 398 g/mol. The van der Waals surface area contributed by atoms with E-state index in [1.807, 2.05) is 0 Å². The molecule has 0 saturated carbocycles. The Morgan fingerprint density at radius 3 is 2.57 bits per heavy atom. The maximum Gasteiger partial charge on any atom is 0.261 e. The van der Waals surface area contributed by atoms with Crippen molar-refractivity contribution in [2.75, 3.05) is 16.2 Å². The summed E-state index contributed by atoms with van der Waals surface area (Å²) in [6.45, 7) is 3.79. The zero-order valence-electron chi connectivity index (χ0n) is 15.3. The van der Waals surface area contributed by atoms with E-state index in [0.29, 0.717) is 35.9 Å². The Labute approximate surface area is 162 Å². The van der Waals surface area contributed by atoms with Crippen LogP contribution in [0, 0.1) is 6.92 Å². The van der Waals surface area contributed by atoms with Gasteiger partial charge in [0.05, 0.1) is 4.90 Å². The molecule has 0 saturated heterocycles. The normalized spacial score (nSPS) is 13.4. The number of nitrogens with zero attached hydrogens (tertiary/aromatic N) is 3. The van der Waals surface area contributed by atoms with E-state index in [-0.39, 0.29) is 10.8 Å². The van der Waals surface area contributed by atoms with Crippen molar-refractivity contribution in [3.8, 4) is 11.5 Å². The van der Waals surface area contributed by atoms with Gasteiger partial charge in [-0.15, -0.1) is 0 Å². The fourth-order valence-corrected chi connectivity index (χ4v) is 4.29. The molecule has 0 atom stereocenters. The highest BCUT2D eigenvalue weighted by Gasteiger charge is 2.24. The molecule has 1 aromatic heterocycles. The topological polar surface area (TPSA) is 105 Å². The maximum atomic E-state index is 12.7. The second kappa shape index (κ2) is 6.75. The van der Waals surface area contributed by atoms with Crippen molar-refractivity contribution in [3.05, 3.63) is 53.9 Å². The zero-order valence-corrected chi connectivity index (χ0v) is 16.2. The summed E-state index contributed by atoms with van der Waals surface area (Å²) in [6.07, 6.45) is 0.635. The van der Waals surface area contributed by atoms with Crippen LogP contribution < -0.4 is 9.62 Å². The van der Waals surface area contributed by atoms with E-state index >= 15 is 0 Å². The first kappa shape index (κ1) is 18.2. The Bertz CT molecular complexity index is 1150. The number of fused-ring (bicyclic) bond motifs is 1. The minimum Gasteiger partial charge on any atom is -0.334 e. The van der Waals surface area contributed by atoms with Gasteiger partial charge < -0.3 is 9.42 Å². The Balaban J connectivity index is 1.55. The number of amides is 1. The van der Waals surface area contributed by atoms with Crippen LogP contribution in [0.15, 0.2) is 51.9 Å². The lowest BCUT2D eigenvalue weighted by molar-refractivity contribution is -0.116. The van der Waals surface area contributed by atoms with Crippen LogP contribution in [0.5, 0.6) is 0 Å². The monoisotopic (exact) mass is 398 g/mol. The summed E-state index contributed by atoms with van der Waals surface area (Å²) in [5.74, 6) is 0.851. The molecule has 1 aliphatic heterocycles. The summed E-state index contributed by atoms with van der Waals surface area (Å²) in [6, 6.07) is 11.5. The van der Waals surface area contributed by atoms with E-state index in [1.165, 1.54) is 13.0 Å². The lowest BCUT2D eigenvalue weighted by atomic mass is 10.2. The minimum absolute atomic E-state index is 0.0518. The number of nitrogens with one attached hydrogen (secondary N) is 1. The molecule has 0 aliphatic carbocycles. The predicted octanol–water partition coefficient (Wildman–Crippen LogP) is 2.75. The Kier molecular flexibility index (Phi) is 4.38. The Hall–Kier alpha value is -3.20. The van der Waals surface area contributed by atoms with Gasteiger partial charge in [0.1, 0.15) is 0 Å². The van der Waals surface area contributed by atoms with Gasteiger partial charge in [-0.3, -0.25) is 9.52 Å². The summed E-state index contributed by atoms with van der Waals surface area (Å²) >= 11 is 0. The summed E-state index contributed by atoms with van der Waals surface area (Å²) in [4.78, 5) is 17.6. The first-order chi connectivity index (χ1) is 13.3. The minimum atomic E-state index is -3.75. The van der Waals surface area contributed by atoms with E-state index in [0.717, 1.165) is 11.3 Å². The molecule has 0 spiro atoms. The van der Waals surface area contributed by atoms with Crippen LogP contribution in [0.4, 0.5) is 11.4 Å². The predicted molar refractivity (Wildman–Crippen MR) is 103 cm³/mol. The van der Waals surface area contributed by atoms with E-state index in [1.54, 1.807) is 48.2 Å². The molecule has 0 bridgehead atoms. The molecule has 8 nitrogen and oxygen atoms in total. The van der Waals surface area contributed by atoms with Gasteiger partial charge in [-0.1, -0.05) is 5.16 Å². The number of hydrogen-bond acceptors (Lipinski definition) is 6. The molecule has 28 heavy (non-hydrogen) atoms. The standard InChI is InChI=1S/C19H18N4O4S/c1-12-20-19(27-21-12)14-3-5-16(6-4-14)22-28(25,26)17-7-8-18-15(11-17)9-10-23(18)13(2)24/h3-8,11,22H,9-10H2,1-2H3. The fourth-order valence-electron chi connectivity index (χ4n) is 3.18. The maximum absolute atomic E-state index is 12.7. The highest BCUT2D eigenvalue weighted by molar-refractivity contribution is 7.92. The summed E-state index contributed by atoms with van der Waals surface area (Å²) in [7, 11) is -3.75. The third-order valence-corrected chi connectivity index (χ3v) is 5.93. The molecular weight excluding hydrogens is 380 g/mol. The second-order valence-corrected chi connectivity index (χ2v) is 8.22. The molecule has 4 rings (SSSR count). The van der Waals surface area contributed by atoms with Crippen LogP contribution in [-0.4, -0.2) is 31.0 Å². The highest BCUT2D eigenvalue weighted by atomic mass is 32.2. The van der Waals surface area contributed by atoms with Crippen molar-refractivity contribution >= 4 is 27.3 Å². The van der Waals surface area contributed by atoms with E-state index in [9.17, 15) is 13.2 Å². The van der Waals surface area contributed by atoms with Gasteiger partial charge in [-0.25, -0.2) is 8.42 Å². The van der Waals surface area contributed by atoms with Crippen LogP contribution in [0.25, 0.3) is 11.5 Å². The average Bonchev–Trinajstić information content (AvgIpc) is 3.27. The number of aryl methyl sites for hydroxylation is 1. The molecule has 9 heteroatoms. The largest absolute Gasteiger partial charge is 0.334 e. The quantitative estimate of drug-likeness (QED) is 0.724. The lowest BCUT2D eigenvalue weighted by Gasteiger charge is -2.15. The number of aromatic nitrogens is 2. The summed E-state index contributed by atoms with van der Waals surface area (Å²) in [5.41, 5.74) is 2.74. The van der Waals surface area contributed by atoms with E-state index in [4.69, 9.17) is 4.52 Å². The smallest absolute Gasteiger partial charge is 0.261 e. The number of anilines is 2. The van der Waals surface area contributed by atoms with Crippen LogP contribution in [0.2, 0.25) is 0 Å². The molecule has 0 fully saturated rings. The number of carbonyl (C=O) groups excluding carboxylic acids is 1. The van der Waals surface area contributed by atoms with Crippen molar-refractivity contribution in [3.63, 3.8) is 0 Å². The van der Waals surface area contributed by atoms with Crippen molar-refractivity contribution < 1.29 is 17.7 Å². The molecule has 0 radical (unpaired) electrons. The number of benzene rings is 2. The van der Waals surface area contributed by atoms with Gasteiger partial charge >= 0.3 is 0 Å². The molecule has 144 valence electrons. The van der Waals surface area contributed by atoms with E-state index < -0.39 is 10.0 Å². The SMILES string of the molecule is CC(=O)N1CCc2cc(S(=O)(=O)Nc3ccc(-c4nc(C)no4)cc3)ccc21. The molecule has 2 heterocycles. The molecule has 1 amide bonds. The van der Waals surface area contributed by atoms with Gasteiger partial charge in [0, 0.05) is 30.4 Å². The molecule has 3 aromatic rings. The number of carbonyl (C=O) groups is 1. The molecule has 1 aliphatic rings. The molecular formula is C19H18N4O4S. The number of rotatable bonds is 4. The van der Waals surface area contributed by atoms with Gasteiger partial charge in [-0.05, 0) is 61.4 Å². The van der Waals surface area contributed by atoms with Crippen molar-refractivity contribution in [2.24, 2.45) is 0 Å². The fraction of sp³-hybridized carbons (Fsp3) is 0.211. The number of hydrogen-bond donors (Lipinski definition) is 1. The Morgan fingerprint density at radius 2 is 1.93 bits per heavy atom. The van der Waals surface area contributed by atoms with Crippen LogP contribution >= 0.6 is 0 Å². The summed E-state index contributed by atoms with van der Waals surface area (Å²) in [5, 5.41) is 3.74. The van der Waals surface area contributed by atoms with Gasteiger partial charge in [0.25, 0.3) is 15.9 Å². The second-order valence-electron chi connectivity index (χ2n) is 6.54. The third-order valence-electron chi connectivity index (χ3n) is 4.55. The van der Waals surface area contributed by atoms with Crippen molar-refractivity contribution in [2.45, 2.75) is 25.2 Å². The van der Waals surface area contributed by atoms with Crippen LogP contribution in [-0.2, 0) is 21.2 Å². The molecule has 2 aromatic carbocycles. The molecule has 1 N–H and O–H groups in total. The Morgan fingerprint density at radius 1 is 1.18 bits per heavy atom. The van der Waals surface area contributed by atoms with Gasteiger partial charge in [-0.2, -0.15) is 4.98 Å². The zero-order chi connectivity index (χ0) is 19.9. The van der Waals surface area contributed by atoms with Crippen molar-refractivity contribution in [1.82, 2.24) is 10.1 Å². The molecule has 0 unspecified atom stereocenters.